The van der Waals surface area contributed by atoms with E-state index in [1.165, 1.54) is 0 Å². The molecule has 0 bridgehead atoms. The van der Waals surface area contributed by atoms with Gasteiger partial charge in [-0.3, -0.25) is 29.6 Å². The van der Waals surface area contributed by atoms with E-state index in [0.29, 0.717) is 16.3 Å². The largest absolute Gasteiger partial charge is 0.455 e. The number of rotatable bonds is 6. The molecule has 0 saturated carbocycles. The number of para-hydroxylation sites is 1. The predicted molar refractivity (Wildman–Crippen MR) is 105 cm³/mol. The number of hydrogen-bond acceptors (Lipinski definition) is 5. The molecule has 2 aromatic carbocycles. The zero-order valence-corrected chi connectivity index (χ0v) is 16.0. The number of hydrogen-bond donors (Lipinski definition) is 2. The van der Waals surface area contributed by atoms with Crippen molar-refractivity contribution in [2.45, 2.75) is 6.42 Å². The van der Waals surface area contributed by atoms with Crippen LogP contribution >= 0.6 is 11.6 Å². The van der Waals surface area contributed by atoms with Gasteiger partial charge in [0.25, 0.3) is 11.8 Å². The van der Waals surface area contributed by atoms with Crippen LogP contribution in [0, 0.1) is 5.92 Å². The lowest BCUT2D eigenvalue weighted by atomic mass is 10.1. The molecule has 1 heterocycles. The molecule has 1 atom stereocenters. The topological polar surface area (TPSA) is 105 Å². The molecule has 2 N–H and O–H groups in total. The number of carbonyl (C=O) groups is 4. The average molecular weight is 416 g/mol. The van der Waals surface area contributed by atoms with E-state index in [1.807, 2.05) is 0 Å². The lowest BCUT2D eigenvalue weighted by Crippen LogP contribution is -2.43. The molecule has 9 heteroatoms. The zero-order chi connectivity index (χ0) is 20.8. The zero-order valence-electron chi connectivity index (χ0n) is 15.3. The Morgan fingerprint density at radius 2 is 1.76 bits per heavy atom. The fraction of sp³-hybridized carbons (Fsp3) is 0.200. The number of halogens is 1. The molecule has 0 radical (unpaired) electrons. The van der Waals surface area contributed by atoms with Gasteiger partial charge in [0.1, 0.15) is 0 Å². The van der Waals surface area contributed by atoms with Gasteiger partial charge < -0.3 is 10.1 Å². The van der Waals surface area contributed by atoms with Crippen molar-refractivity contribution in [2.75, 3.05) is 18.5 Å². The van der Waals surface area contributed by atoms with Crippen LogP contribution in [0.2, 0.25) is 5.02 Å². The molecule has 150 valence electrons. The SMILES string of the molecule is O=C(COC(=O)C1CC(=O)N(NC(=O)c2ccccc2)C1)Nc1ccccc1Cl. The molecular formula is C20H18ClN3O5. The summed E-state index contributed by atoms with van der Waals surface area (Å²) in [5, 5.41) is 3.98. The van der Waals surface area contributed by atoms with Crippen molar-refractivity contribution >= 4 is 41.0 Å². The van der Waals surface area contributed by atoms with Crippen molar-refractivity contribution in [3.8, 4) is 0 Å². The first kappa shape index (κ1) is 20.3. The normalized spacial score (nSPS) is 15.7. The lowest BCUT2D eigenvalue weighted by molar-refractivity contribution is -0.151. The van der Waals surface area contributed by atoms with Crippen LogP contribution in [0.4, 0.5) is 5.69 Å². The van der Waals surface area contributed by atoms with Crippen LogP contribution in [0.25, 0.3) is 0 Å². The van der Waals surface area contributed by atoms with Crippen LogP contribution in [0.3, 0.4) is 0 Å². The number of benzene rings is 2. The molecular weight excluding hydrogens is 398 g/mol. The Hall–Kier alpha value is -3.39. The maximum atomic E-state index is 12.2. The molecule has 3 amide bonds. The van der Waals surface area contributed by atoms with Crippen molar-refractivity contribution in [1.82, 2.24) is 10.4 Å². The molecule has 3 rings (SSSR count). The minimum Gasteiger partial charge on any atom is -0.455 e. The Kier molecular flexibility index (Phi) is 6.46. The Bertz CT molecular complexity index is 935. The summed E-state index contributed by atoms with van der Waals surface area (Å²) in [4.78, 5) is 48.4. The molecule has 1 fully saturated rings. The van der Waals surface area contributed by atoms with Crippen molar-refractivity contribution in [2.24, 2.45) is 5.92 Å². The number of carbonyl (C=O) groups excluding carboxylic acids is 4. The van der Waals surface area contributed by atoms with Gasteiger partial charge in [-0.05, 0) is 24.3 Å². The minimum atomic E-state index is -0.772. The van der Waals surface area contributed by atoms with Gasteiger partial charge in [-0.2, -0.15) is 0 Å². The van der Waals surface area contributed by atoms with E-state index < -0.39 is 36.2 Å². The standard InChI is InChI=1S/C20H18ClN3O5/c21-15-8-4-5-9-16(15)22-17(25)12-29-20(28)14-10-18(26)24(11-14)23-19(27)13-6-2-1-3-7-13/h1-9,14H,10-12H2,(H,22,25)(H,23,27). The molecule has 1 unspecified atom stereocenters. The van der Waals surface area contributed by atoms with Gasteiger partial charge in [-0.15, -0.1) is 0 Å². The molecule has 29 heavy (non-hydrogen) atoms. The molecule has 0 aliphatic carbocycles. The number of hydrazine groups is 1. The molecule has 2 aromatic rings. The van der Waals surface area contributed by atoms with Gasteiger partial charge in [0.2, 0.25) is 5.91 Å². The van der Waals surface area contributed by atoms with E-state index in [9.17, 15) is 19.2 Å². The quantitative estimate of drug-likeness (QED) is 0.702. The van der Waals surface area contributed by atoms with Crippen LogP contribution in [-0.2, 0) is 19.1 Å². The summed E-state index contributed by atoms with van der Waals surface area (Å²) < 4.78 is 5.00. The summed E-state index contributed by atoms with van der Waals surface area (Å²) >= 11 is 5.95. The number of amides is 3. The van der Waals surface area contributed by atoms with Gasteiger partial charge in [0, 0.05) is 12.0 Å². The van der Waals surface area contributed by atoms with Crippen LogP contribution in [0.5, 0.6) is 0 Å². The number of anilines is 1. The molecule has 8 nitrogen and oxygen atoms in total. The lowest BCUT2D eigenvalue weighted by Gasteiger charge is -2.17. The van der Waals surface area contributed by atoms with E-state index in [-0.39, 0.29) is 13.0 Å². The van der Waals surface area contributed by atoms with E-state index in [1.54, 1.807) is 54.6 Å². The first-order chi connectivity index (χ1) is 13.9. The smallest absolute Gasteiger partial charge is 0.311 e. The Morgan fingerprint density at radius 3 is 2.48 bits per heavy atom. The van der Waals surface area contributed by atoms with Gasteiger partial charge >= 0.3 is 5.97 Å². The van der Waals surface area contributed by atoms with Crippen LogP contribution in [0.15, 0.2) is 54.6 Å². The Balaban J connectivity index is 1.48. The highest BCUT2D eigenvalue weighted by molar-refractivity contribution is 6.33. The number of nitrogens with zero attached hydrogens (tertiary/aromatic N) is 1. The second kappa shape index (κ2) is 9.20. The van der Waals surface area contributed by atoms with E-state index >= 15 is 0 Å². The molecule has 0 spiro atoms. The predicted octanol–water partition coefficient (Wildman–Crippen LogP) is 2.02. The first-order valence-corrected chi connectivity index (χ1v) is 9.19. The number of ether oxygens (including phenoxy) is 1. The molecule has 1 aliphatic rings. The highest BCUT2D eigenvalue weighted by atomic mass is 35.5. The maximum Gasteiger partial charge on any atom is 0.311 e. The summed E-state index contributed by atoms with van der Waals surface area (Å²) in [5.41, 5.74) is 3.27. The van der Waals surface area contributed by atoms with E-state index in [4.69, 9.17) is 16.3 Å². The summed E-state index contributed by atoms with van der Waals surface area (Å²) in [7, 11) is 0. The fourth-order valence-corrected chi connectivity index (χ4v) is 2.94. The second-order valence-electron chi connectivity index (χ2n) is 6.35. The maximum absolute atomic E-state index is 12.2. The highest BCUT2D eigenvalue weighted by Gasteiger charge is 2.36. The molecule has 0 aromatic heterocycles. The van der Waals surface area contributed by atoms with Crippen LogP contribution < -0.4 is 10.7 Å². The van der Waals surface area contributed by atoms with Gasteiger partial charge in [0.15, 0.2) is 6.61 Å². The summed E-state index contributed by atoms with van der Waals surface area (Å²) in [6.45, 7) is -0.534. The first-order valence-electron chi connectivity index (χ1n) is 8.81. The van der Waals surface area contributed by atoms with Crippen molar-refractivity contribution in [3.05, 3.63) is 65.2 Å². The number of nitrogens with one attached hydrogen (secondary N) is 2. The third-order valence-electron chi connectivity index (χ3n) is 4.22. The highest BCUT2D eigenvalue weighted by Crippen LogP contribution is 2.21. The third kappa shape index (κ3) is 5.32. The van der Waals surface area contributed by atoms with Crippen LogP contribution in [-0.4, -0.2) is 41.9 Å². The van der Waals surface area contributed by atoms with Crippen molar-refractivity contribution < 1.29 is 23.9 Å². The monoisotopic (exact) mass is 415 g/mol. The second-order valence-corrected chi connectivity index (χ2v) is 6.76. The fourth-order valence-electron chi connectivity index (χ4n) is 2.75. The Labute approximate surface area is 171 Å². The third-order valence-corrected chi connectivity index (χ3v) is 4.55. The average Bonchev–Trinajstić information content (AvgIpc) is 3.09. The summed E-state index contributed by atoms with van der Waals surface area (Å²) in [6, 6.07) is 15.1. The number of esters is 1. The minimum absolute atomic E-state index is 0.0254. The van der Waals surface area contributed by atoms with E-state index in [0.717, 1.165) is 5.01 Å². The van der Waals surface area contributed by atoms with Gasteiger partial charge in [-0.1, -0.05) is 41.9 Å². The van der Waals surface area contributed by atoms with Gasteiger partial charge in [-0.25, -0.2) is 0 Å². The van der Waals surface area contributed by atoms with E-state index in [2.05, 4.69) is 10.7 Å². The molecule has 1 aliphatic heterocycles. The summed E-state index contributed by atoms with van der Waals surface area (Å²) in [6.07, 6.45) is -0.111. The van der Waals surface area contributed by atoms with Crippen molar-refractivity contribution in [1.29, 1.82) is 0 Å². The van der Waals surface area contributed by atoms with Crippen molar-refractivity contribution in [3.63, 3.8) is 0 Å². The van der Waals surface area contributed by atoms with Crippen LogP contribution in [0.1, 0.15) is 16.8 Å². The summed E-state index contributed by atoms with van der Waals surface area (Å²) in [5.74, 6) is -2.87. The molecule has 1 saturated heterocycles. The Morgan fingerprint density at radius 1 is 1.07 bits per heavy atom. The van der Waals surface area contributed by atoms with Gasteiger partial charge in [0.05, 0.1) is 23.2 Å².